The number of aliphatic imine (C=N–C) groups is 1. The molecule has 4 heterocycles. The van der Waals surface area contributed by atoms with Gasteiger partial charge in [-0.15, -0.1) is 0 Å². The monoisotopic (exact) mass is 423 g/mol. The molecule has 1 aromatic carbocycles. The van der Waals surface area contributed by atoms with Crippen LogP contribution >= 0.6 is 0 Å². The fraction of sp³-hybridized carbons (Fsp3) is 0.120. The van der Waals surface area contributed by atoms with Crippen LogP contribution in [0.15, 0.2) is 84.4 Å². The number of aromatic nitrogens is 3. The van der Waals surface area contributed by atoms with Gasteiger partial charge in [-0.3, -0.25) is 19.2 Å². The zero-order valence-electron chi connectivity index (χ0n) is 17.8. The van der Waals surface area contributed by atoms with Crippen LogP contribution < -0.4 is 4.74 Å². The lowest BCUT2D eigenvalue weighted by molar-refractivity contribution is -0.130. The van der Waals surface area contributed by atoms with Gasteiger partial charge in [0.25, 0.3) is 5.91 Å². The molecule has 0 radical (unpaired) electrons. The number of hydrogen-bond acceptors (Lipinski definition) is 5. The first-order valence-electron chi connectivity index (χ1n) is 10.2. The molecule has 0 bridgehead atoms. The molecule has 0 saturated carbocycles. The molecule has 158 valence electrons. The van der Waals surface area contributed by atoms with Crippen molar-refractivity contribution in [2.24, 2.45) is 4.99 Å². The SMILES string of the molecule is CN(C)C(=O)COc1ccc(C2=NC=C2c2ccc3ncc(-c4ccccn4)n3c2)cc1. The molecular formula is C25H21N5O2. The maximum atomic E-state index is 11.7. The number of allylic oxidation sites excluding steroid dienone is 1. The highest BCUT2D eigenvalue weighted by Gasteiger charge is 2.19. The van der Waals surface area contributed by atoms with Crippen LogP contribution in [0.2, 0.25) is 0 Å². The van der Waals surface area contributed by atoms with E-state index < -0.39 is 0 Å². The van der Waals surface area contributed by atoms with Gasteiger partial charge in [-0.1, -0.05) is 6.07 Å². The minimum atomic E-state index is -0.0809. The highest BCUT2D eigenvalue weighted by atomic mass is 16.5. The van der Waals surface area contributed by atoms with Crippen molar-refractivity contribution >= 4 is 22.8 Å². The number of likely N-dealkylation sites (N-methyl/N-ethyl adjacent to an activating group) is 1. The van der Waals surface area contributed by atoms with Gasteiger partial charge < -0.3 is 9.64 Å². The largest absolute Gasteiger partial charge is 0.484 e. The summed E-state index contributed by atoms with van der Waals surface area (Å²) in [5.74, 6) is 0.567. The molecule has 4 aromatic rings. The minimum absolute atomic E-state index is 0.0158. The van der Waals surface area contributed by atoms with E-state index in [1.165, 1.54) is 4.90 Å². The van der Waals surface area contributed by atoms with Gasteiger partial charge in [-0.25, -0.2) is 4.98 Å². The van der Waals surface area contributed by atoms with Crippen LogP contribution in [0.5, 0.6) is 5.75 Å². The Morgan fingerprint density at radius 3 is 2.50 bits per heavy atom. The predicted molar refractivity (Wildman–Crippen MR) is 124 cm³/mol. The second-order valence-corrected chi connectivity index (χ2v) is 7.63. The molecule has 1 amide bonds. The number of pyridine rings is 2. The minimum Gasteiger partial charge on any atom is -0.484 e. The third-order valence-corrected chi connectivity index (χ3v) is 5.31. The summed E-state index contributed by atoms with van der Waals surface area (Å²) in [6, 6.07) is 17.5. The molecule has 7 nitrogen and oxygen atoms in total. The Hall–Kier alpha value is -4.26. The number of imidazole rings is 1. The van der Waals surface area contributed by atoms with Crippen molar-refractivity contribution in [2.75, 3.05) is 20.7 Å². The van der Waals surface area contributed by atoms with Crippen molar-refractivity contribution in [3.05, 3.63) is 90.5 Å². The Labute approximate surface area is 185 Å². The van der Waals surface area contributed by atoms with Crippen molar-refractivity contribution in [3.8, 4) is 17.1 Å². The van der Waals surface area contributed by atoms with Crippen molar-refractivity contribution in [1.82, 2.24) is 19.3 Å². The van der Waals surface area contributed by atoms with Crippen LogP contribution in [0.25, 0.3) is 22.6 Å². The van der Waals surface area contributed by atoms with Gasteiger partial charge in [0.15, 0.2) is 6.61 Å². The smallest absolute Gasteiger partial charge is 0.259 e. The maximum absolute atomic E-state index is 11.7. The van der Waals surface area contributed by atoms with E-state index >= 15 is 0 Å². The molecule has 1 aliphatic heterocycles. The highest BCUT2D eigenvalue weighted by Crippen LogP contribution is 2.29. The first-order chi connectivity index (χ1) is 15.6. The van der Waals surface area contributed by atoms with E-state index in [2.05, 4.69) is 27.2 Å². The normalized spacial score (nSPS) is 12.7. The number of benzene rings is 1. The number of fused-ring (bicyclic) bond motifs is 1. The van der Waals surface area contributed by atoms with Gasteiger partial charge in [0.1, 0.15) is 11.4 Å². The van der Waals surface area contributed by atoms with E-state index in [0.717, 1.165) is 39.4 Å². The zero-order valence-corrected chi connectivity index (χ0v) is 17.8. The van der Waals surface area contributed by atoms with Crippen molar-refractivity contribution < 1.29 is 9.53 Å². The van der Waals surface area contributed by atoms with Gasteiger partial charge in [0, 0.05) is 49.4 Å². The molecule has 7 heteroatoms. The van der Waals surface area contributed by atoms with E-state index in [1.807, 2.05) is 65.3 Å². The lowest BCUT2D eigenvalue weighted by Gasteiger charge is -2.18. The average molecular weight is 423 g/mol. The van der Waals surface area contributed by atoms with Crippen molar-refractivity contribution in [3.63, 3.8) is 0 Å². The molecule has 0 aliphatic carbocycles. The van der Waals surface area contributed by atoms with E-state index in [9.17, 15) is 4.79 Å². The molecule has 0 unspecified atom stereocenters. The summed E-state index contributed by atoms with van der Waals surface area (Å²) in [7, 11) is 3.41. The van der Waals surface area contributed by atoms with Crippen molar-refractivity contribution in [2.45, 2.75) is 0 Å². The van der Waals surface area contributed by atoms with E-state index in [1.54, 1.807) is 20.3 Å². The number of hydrogen-bond donors (Lipinski definition) is 0. The lowest BCUT2D eigenvalue weighted by Crippen LogP contribution is -2.27. The molecule has 3 aromatic heterocycles. The fourth-order valence-electron chi connectivity index (χ4n) is 3.46. The summed E-state index contributed by atoms with van der Waals surface area (Å²) in [5.41, 5.74) is 6.69. The molecule has 0 N–H and O–H groups in total. The maximum Gasteiger partial charge on any atom is 0.259 e. The molecule has 0 fully saturated rings. The van der Waals surface area contributed by atoms with Gasteiger partial charge >= 0.3 is 0 Å². The van der Waals surface area contributed by atoms with Crippen LogP contribution in [0.3, 0.4) is 0 Å². The van der Waals surface area contributed by atoms with Gasteiger partial charge in [-0.05, 0) is 48.5 Å². The van der Waals surface area contributed by atoms with Crippen LogP contribution in [0.1, 0.15) is 11.1 Å². The molecule has 0 saturated heterocycles. The number of nitrogens with zero attached hydrogens (tertiary/aromatic N) is 5. The standard InChI is InChI=1S/C25H21N5O2/c1-29(2)24(31)16-32-19-9-6-17(7-10-19)25-20(13-28-25)18-8-11-23-27-14-22(30(23)15-18)21-5-3-4-12-26-21/h3-15H,16H2,1-2H3. The quantitative estimate of drug-likeness (QED) is 0.474. The first-order valence-corrected chi connectivity index (χ1v) is 10.2. The Balaban J connectivity index is 1.36. The summed E-state index contributed by atoms with van der Waals surface area (Å²) in [5, 5.41) is 0. The number of carbonyl (C=O) groups excluding carboxylic acids is 1. The third kappa shape index (κ3) is 3.65. The predicted octanol–water partition coefficient (Wildman–Crippen LogP) is 3.71. The van der Waals surface area contributed by atoms with Crippen LogP contribution in [-0.2, 0) is 4.79 Å². The zero-order chi connectivity index (χ0) is 22.1. The summed E-state index contributed by atoms with van der Waals surface area (Å²) in [6.07, 6.45) is 7.55. The van der Waals surface area contributed by atoms with E-state index in [4.69, 9.17) is 4.74 Å². The summed E-state index contributed by atoms with van der Waals surface area (Å²) in [6.45, 7) is 0.0158. The van der Waals surface area contributed by atoms with E-state index in [-0.39, 0.29) is 12.5 Å². The average Bonchev–Trinajstić information content (AvgIpc) is 3.21. The molecular weight excluding hydrogens is 402 g/mol. The number of rotatable bonds is 6. The highest BCUT2D eigenvalue weighted by molar-refractivity contribution is 6.35. The van der Waals surface area contributed by atoms with Gasteiger partial charge in [0.2, 0.25) is 0 Å². The van der Waals surface area contributed by atoms with E-state index in [0.29, 0.717) is 5.75 Å². The van der Waals surface area contributed by atoms with Crippen LogP contribution in [-0.4, -0.2) is 51.6 Å². The topological polar surface area (TPSA) is 72.1 Å². The molecule has 0 spiro atoms. The Morgan fingerprint density at radius 2 is 1.81 bits per heavy atom. The number of carbonyl (C=O) groups is 1. The summed E-state index contributed by atoms with van der Waals surface area (Å²) < 4.78 is 7.61. The lowest BCUT2D eigenvalue weighted by atomic mass is 9.94. The Morgan fingerprint density at radius 1 is 1.00 bits per heavy atom. The Kier molecular flexibility index (Phi) is 4.99. The molecule has 5 rings (SSSR count). The second-order valence-electron chi connectivity index (χ2n) is 7.63. The van der Waals surface area contributed by atoms with Crippen LogP contribution in [0.4, 0.5) is 0 Å². The third-order valence-electron chi connectivity index (χ3n) is 5.31. The molecule has 0 atom stereocenters. The second kappa shape index (κ2) is 8.11. The van der Waals surface area contributed by atoms with Gasteiger partial charge in [-0.2, -0.15) is 0 Å². The fourth-order valence-corrected chi connectivity index (χ4v) is 3.46. The Bertz CT molecular complexity index is 1350. The number of ether oxygens (including phenoxy) is 1. The summed E-state index contributed by atoms with van der Waals surface area (Å²) in [4.78, 5) is 26.6. The van der Waals surface area contributed by atoms with Gasteiger partial charge in [0.05, 0.1) is 23.3 Å². The molecule has 1 aliphatic rings. The number of amides is 1. The first kappa shape index (κ1) is 19.7. The summed E-state index contributed by atoms with van der Waals surface area (Å²) >= 11 is 0. The molecule has 32 heavy (non-hydrogen) atoms. The van der Waals surface area contributed by atoms with Crippen molar-refractivity contribution in [1.29, 1.82) is 0 Å². The van der Waals surface area contributed by atoms with Crippen LogP contribution in [0, 0.1) is 0 Å².